The number of para-hydroxylation sites is 2. The first-order valence-electron chi connectivity index (χ1n) is 8.53. The van der Waals surface area contributed by atoms with Gasteiger partial charge in [0, 0.05) is 32.7 Å². The van der Waals surface area contributed by atoms with Gasteiger partial charge in [0.2, 0.25) is 0 Å². The van der Waals surface area contributed by atoms with Crippen LogP contribution in [0.4, 0.5) is 5.69 Å². The molecule has 0 aliphatic carbocycles. The van der Waals surface area contributed by atoms with Crippen LogP contribution in [-0.2, 0) is 6.42 Å². The molecule has 0 saturated carbocycles. The van der Waals surface area contributed by atoms with Crippen LogP contribution in [0.15, 0.2) is 48.5 Å². The molecule has 1 saturated heterocycles. The largest absolute Gasteiger partial charge is 0.497 e. The van der Waals surface area contributed by atoms with Gasteiger partial charge in [0.05, 0.1) is 19.9 Å². The van der Waals surface area contributed by atoms with Crippen LogP contribution in [0.2, 0.25) is 0 Å². The van der Waals surface area contributed by atoms with Gasteiger partial charge in [0.1, 0.15) is 11.5 Å². The molecule has 4 heteroatoms. The Hall–Kier alpha value is -2.20. The first-order valence-corrected chi connectivity index (χ1v) is 8.53. The van der Waals surface area contributed by atoms with Crippen molar-refractivity contribution in [3.8, 4) is 11.5 Å². The van der Waals surface area contributed by atoms with E-state index in [0.717, 1.165) is 50.6 Å². The molecular formula is C20H26N2O2. The first kappa shape index (κ1) is 16.7. The molecule has 1 aliphatic heterocycles. The van der Waals surface area contributed by atoms with Gasteiger partial charge in [-0.2, -0.15) is 0 Å². The fourth-order valence-corrected chi connectivity index (χ4v) is 3.18. The lowest BCUT2D eigenvalue weighted by atomic mass is 10.1. The number of hydrogen-bond acceptors (Lipinski definition) is 4. The normalized spacial score (nSPS) is 15.3. The topological polar surface area (TPSA) is 24.9 Å². The zero-order chi connectivity index (χ0) is 16.8. The molecule has 0 atom stereocenters. The van der Waals surface area contributed by atoms with E-state index in [-0.39, 0.29) is 0 Å². The Balaban J connectivity index is 1.49. The molecule has 4 nitrogen and oxygen atoms in total. The van der Waals surface area contributed by atoms with Gasteiger partial charge in [-0.1, -0.05) is 24.3 Å². The number of rotatable bonds is 6. The van der Waals surface area contributed by atoms with Gasteiger partial charge >= 0.3 is 0 Å². The minimum absolute atomic E-state index is 0.921. The summed E-state index contributed by atoms with van der Waals surface area (Å²) < 4.78 is 10.7. The Morgan fingerprint density at radius 1 is 0.833 bits per heavy atom. The van der Waals surface area contributed by atoms with Gasteiger partial charge in [-0.3, -0.25) is 4.90 Å². The van der Waals surface area contributed by atoms with Gasteiger partial charge in [0.15, 0.2) is 0 Å². The summed E-state index contributed by atoms with van der Waals surface area (Å²) in [4.78, 5) is 4.96. The van der Waals surface area contributed by atoms with Crippen molar-refractivity contribution >= 4 is 5.69 Å². The standard InChI is InChI=1S/C20H26N2O2/c1-23-18-9-7-17(8-10-18)11-12-21-13-15-22(16-14-21)19-5-3-4-6-20(19)24-2/h3-10H,11-16H2,1-2H3. The number of hydrogen-bond donors (Lipinski definition) is 0. The average Bonchev–Trinajstić information content (AvgIpc) is 2.67. The Bertz CT molecular complexity index is 634. The second-order valence-corrected chi connectivity index (χ2v) is 6.10. The maximum Gasteiger partial charge on any atom is 0.142 e. The number of piperazine rings is 1. The molecular weight excluding hydrogens is 300 g/mol. The summed E-state index contributed by atoms with van der Waals surface area (Å²) >= 11 is 0. The van der Waals surface area contributed by atoms with Crippen LogP contribution in [0.25, 0.3) is 0 Å². The molecule has 1 fully saturated rings. The fourth-order valence-electron chi connectivity index (χ4n) is 3.18. The Morgan fingerprint density at radius 3 is 2.21 bits per heavy atom. The molecule has 0 radical (unpaired) electrons. The minimum Gasteiger partial charge on any atom is -0.497 e. The second kappa shape index (κ2) is 8.06. The molecule has 24 heavy (non-hydrogen) atoms. The van der Waals surface area contributed by atoms with Crippen molar-refractivity contribution in [2.45, 2.75) is 6.42 Å². The number of nitrogens with zero attached hydrogens (tertiary/aromatic N) is 2. The predicted molar refractivity (Wildman–Crippen MR) is 98.3 cm³/mol. The third-order valence-electron chi connectivity index (χ3n) is 4.67. The molecule has 0 N–H and O–H groups in total. The van der Waals surface area contributed by atoms with Crippen LogP contribution in [-0.4, -0.2) is 51.8 Å². The van der Waals surface area contributed by atoms with Gasteiger partial charge in [-0.05, 0) is 36.2 Å². The minimum atomic E-state index is 0.921. The van der Waals surface area contributed by atoms with E-state index in [1.165, 1.54) is 11.3 Å². The smallest absolute Gasteiger partial charge is 0.142 e. The highest BCUT2D eigenvalue weighted by atomic mass is 16.5. The zero-order valence-electron chi connectivity index (χ0n) is 14.6. The molecule has 2 aromatic carbocycles. The van der Waals surface area contributed by atoms with Crippen LogP contribution >= 0.6 is 0 Å². The molecule has 1 aliphatic rings. The highest BCUT2D eigenvalue weighted by molar-refractivity contribution is 5.58. The van der Waals surface area contributed by atoms with Crippen LogP contribution in [0.5, 0.6) is 11.5 Å². The average molecular weight is 326 g/mol. The third kappa shape index (κ3) is 4.01. The Labute approximate surface area is 144 Å². The number of ether oxygens (including phenoxy) is 2. The molecule has 0 aromatic heterocycles. The number of benzene rings is 2. The molecule has 128 valence electrons. The van der Waals surface area contributed by atoms with Crippen molar-refractivity contribution in [1.29, 1.82) is 0 Å². The fraction of sp³-hybridized carbons (Fsp3) is 0.400. The van der Waals surface area contributed by atoms with E-state index in [1.807, 2.05) is 24.3 Å². The maximum absolute atomic E-state index is 5.48. The van der Waals surface area contributed by atoms with Crippen molar-refractivity contribution in [3.63, 3.8) is 0 Å². The maximum atomic E-state index is 5.48. The zero-order valence-corrected chi connectivity index (χ0v) is 14.6. The van der Waals surface area contributed by atoms with Crippen molar-refractivity contribution in [2.75, 3.05) is 51.8 Å². The van der Waals surface area contributed by atoms with Crippen molar-refractivity contribution in [2.24, 2.45) is 0 Å². The van der Waals surface area contributed by atoms with E-state index in [1.54, 1.807) is 14.2 Å². The van der Waals surface area contributed by atoms with Crippen LogP contribution in [0.3, 0.4) is 0 Å². The SMILES string of the molecule is COc1ccc(CCN2CCN(c3ccccc3OC)CC2)cc1. The molecule has 1 heterocycles. The van der Waals surface area contributed by atoms with Crippen molar-refractivity contribution in [3.05, 3.63) is 54.1 Å². The summed E-state index contributed by atoms with van der Waals surface area (Å²) in [7, 11) is 3.44. The van der Waals surface area contributed by atoms with Crippen molar-refractivity contribution in [1.82, 2.24) is 4.90 Å². The number of methoxy groups -OCH3 is 2. The highest BCUT2D eigenvalue weighted by Gasteiger charge is 2.19. The summed E-state index contributed by atoms with van der Waals surface area (Å²) in [6.45, 7) is 5.38. The van der Waals surface area contributed by atoms with Crippen LogP contribution < -0.4 is 14.4 Å². The molecule has 2 aromatic rings. The summed E-state index contributed by atoms with van der Waals surface area (Å²) in [5.41, 5.74) is 2.57. The van der Waals surface area contributed by atoms with Crippen molar-refractivity contribution < 1.29 is 9.47 Å². The summed E-state index contributed by atoms with van der Waals surface area (Å²) in [5.74, 6) is 1.88. The lowest BCUT2D eigenvalue weighted by Crippen LogP contribution is -2.47. The molecule has 0 amide bonds. The van der Waals surface area contributed by atoms with Gasteiger partial charge in [-0.15, -0.1) is 0 Å². The number of anilines is 1. The van der Waals surface area contributed by atoms with Gasteiger partial charge in [0.25, 0.3) is 0 Å². The van der Waals surface area contributed by atoms with E-state index in [9.17, 15) is 0 Å². The van der Waals surface area contributed by atoms with E-state index >= 15 is 0 Å². The van der Waals surface area contributed by atoms with Crippen LogP contribution in [0, 0.1) is 0 Å². The third-order valence-corrected chi connectivity index (χ3v) is 4.67. The summed E-state index contributed by atoms with van der Waals surface area (Å²) in [5, 5.41) is 0. The molecule has 0 unspecified atom stereocenters. The van der Waals surface area contributed by atoms with E-state index < -0.39 is 0 Å². The van der Waals surface area contributed by atoms with Crippen LogP contribution in [0.1, 0.15) is 5.56 Å². The van der Waals surface area contributed by atoms with E-state index in [0.29, 0.717) is 0 Å². The summed E-state index contributed by atoms with van der Waals surface area (Å²) in [6.07, 6.45) is 1.08. The highest BCUT2D eigenvalue weighted by Crippen LogP contribution is 2.28. The van der Waals surface area contributed by atoms with Gasteiger partial charge in [-0.25, -0.2) is 0 Å². The van der Waals surface area contributed by atoms with E-state index in [2.05, 4.69) is 34.1 Å². The monoisotopic (exact) mass is 326 g/mol. The molecule has 0 bridgehead atoms. The Kier molecular flexibility index (Phi) is 5.59. The molecule has 0 spiro atoms. The molecule has 3 rings (SSSR count). The second-order valence-electron chi connectivity index (χ2n) is 6.10. The quantitative estimate of drug-likeness (QED) is 0.814. The summed E-state index contributed by atoms with van der Waals surface area (Å²) in [6, 6.07) is 16.7. The lowest BCUT2D eigenvalue weighted by Gasteiger charge is -2.36. The predicted octanol–water partition coefficient (Wildman–Crippen LogP) is 3.07. The van der Waals surface area contributed by atoms with E-state index in [4.69, 9.17) is 9.47 Å². The lowest BCUT2D eigenvalue weighted by molar-refractivity contribution is 0.260. The Morgan fingerprint density at radius 2 is 1.54 bits per heavy atom. The first-order chi connectivity index (χ1) is 11.8. The van der Waals surface area contributed by atoms with Gasteiger partial charge < -0.3 is 14.4 Å².